The van der Waals surface area contributed by atoms with Gasteiger partial charge in [-0.2, -0.15) is 0 Å². The fourth-order valence-corrected chi connectivity index (χ4v) is 3.62. The molecule has 0 N–H and O–H groups in total. The molecular formula is C12H25Cl3Si. The lowest BCUT2D eigenvalue weighted by Crippen LogP contribution is -2.07. The maximum Gasteiger partial charge on any atom is 0.341 e. The molecule has 0 unspecified atom stereocenters. The van der Waals surface area contributed by atoms with Crippen LogP contribution in [-0.4, -0.2) is 6.00 Å². The van der Waals surface area contributed by atoms with E-state index in [0.29, 0.717) is 0 Å². The van der Waals surface area contributed by atoms with E-state index in [4.69, 9.17) is 33.2 Å². The average Bonchev–Trinajstić information content (AvgIpc) is 2.13. The molecule has 0 nitrogen and oxygen atoms in total. The average molecular weight is 304 g/mol. The third-order valence-electron chi connectivity index (χ3n) is 2.74. The van der Waals surface area contributed by atoms with Crippen LogP contribution in [0.3, 0.4) is 0 Å². The zero-order valence-corrected chi connectivity index (χ0v) is 13.8. The Labute approximate surface area is 116 Å². The molecule has 0 aromatic carbocycles. The lowest BCUT2D eigenvalue weighted by Gasteiger charge is -2.07. The standard InChI is InChI=1S/C12H25Cl3Si/c1-12(2)10-8-6-4-3-5-7-9-11-16(13,14)15/h12H,3-11H2,1-2H3. The van der Waals surface area contributed by atoms with Crippen LogP contribution >= 0.6 is 33.2 Å². The number of halogens is 3. The summed E-state index contributed by atoms with van der Waals surface area (Å²) in [6.07, 6.45) is 10.5. The molecule has 0 aromatic heterocycles. The van der Waals surface area contributed by atoms with Gasteiger partial charge in [-0.05, 0) is 12.0 Å². The second-order valence-electron chi connectivity index (χ2n) is 5.02. The van der Waals surface area contributed by atoms with Crippen molar-refractivity contribution in [2.45, 2.75) is 71.3 Å². The van der Waals surface area contributed by atoms with E-state index in [0.717, 1.165) is 18.4 Å². The predicted octanol–water partition coefficient (Wildman–Crippen LogP) is 6.42. The topological polar surface area (TPSA) is 0 Å². The molecule has 0 radical (unpaired) electrons. The molecule has 16 heavy (non-hydrogen) atoms. The van der Waals surface area contributed by atoms with Gasteiger partial charge < -0.3 is 0 Å². The smallest absolute Gasteiger partial charge is 0.126 e. The zero-order chi connectivity index (χ0) is 12.4. The Morgan fingerprint density at radius 3 is 1.62 bits per heavy atom. The number of hydrogen-bond acceptors (Lipinski definition) is 0. The molecule has 0 fully saturated rings. The molecule has 98 valence electrons. The lowest BCUT2D eigenvalue weighted by molar-refractivity contribution is 0.511. The van der Waals surface area contributed by atoms with Crippen molar-refractivity contribution in [3.8, 4) is 0 Å². The largest absolute Gasteiger partial charge is 0.341 e. The fraction of sp³-hybridized carbons (Fsp3) is 1.00. The van der Waals surface area contributed by atoms with Crippen molar-refractivity contribution in [3.63, 3.8) is 0 Å². The van der Waals surface area contributed by atoms with Crippen molar-refractivity contribution in [3.05, 3.63) is 0 Å². The summed E-state index contributed by atoms with van der Waals surface area (Å²) in [7, 11) is 0. The minimum absolute atomic E-state index is 0.824. The van der Waals surface area contributed by atoms with Crippen LogP contribution in [0.1, 0.15) is 65.2 Å². The van der Waals surface area contributed by atoms with Crippen LogP contribution in [0.5, 0.6) is 0 Å². The highest BCUT2D eigenvalue weighted by atomic mass is 35.8. The van der Waals surface area contributed by atoms with Crippen LogP contribution in [0.2, 0.25) is 6.04 Å². The van der Waals surface area contributed by atoms with Crippen LogP contribution in [0.4, 0.5) is 0 Å². The molecule has 0 heterocycles. The molecule has 0 aliphatic rings. The van der Waals surface area contributed by atoms with Crippen molar-refractivity contribution in [2.24, 2.45) is 5.92 Å². The molecular weight excluding hydrogens is 279 g/mol. The summed E-state index contributed by atoms with van der Waals surface area (Å²) in [4.78, 5) is 0. The Balaban J connectivity index is 3.05. The van der Waals surface area contributed by atoms with Gasteiger partial charge in [0.05, 0.1) is 0 Å². The second-order valence-corrected chi connectivity index (χ2v) is 14.3. The van der Waals surface area contributed by atoms with Crippen LogP contribution in [0.25, 0.3) is 0 Å². The van der Waals surface area contributed by atoms with Gasteiger partial charge in [-0.1, -0.05) is 65.2 Å². The Kier molecular flexibility index (Phi) is 10.7. The summed E-state index contributed by atoms with van der Waals surface area (Å²) in [5.41, 5.74) is 0. The number of hydrogen-bond donors (Lipinski definition) is 0. The molecule has 4 heteroatoms. The maximum atomic E-state index is 5.81. The molecule has 0 saturated heterocycles. The molecule has 0 aromatic rings. The van der Waals surface area contributed by atoms with E-state index in [2.05, 4.69) is 13.8 Å². The lowest BCUT2D eigenvalue weighted by atomic mass is 10.0. The van der Waals surface area contributed by atoms with Gasteiger partial charge in [0.15, 0.2) is 0 Å². The van der Waals surface area contributed by atoms with Gasteiger partial charge in [0.25, 0.3) is 0 Å². The van der Waals surface area contributed by atoms with E-state index in [1.54, 1.807) is 0 Å². The maximum absolute atomic E-state index is 5.81. The summed E-state index contributed by atoms with van der Waals surface area (Å²) in [6, 6.07) is -1.51. The minimum Gasteiger partial charge on any atom is -0.126 e. The summed E-state index contributed by atoms with van der Waals surface area (Å²) in [5, 5.41) is 0. The SMILES string of the molecule is CC(C)CCCCCCCCC[Si](Cl)(Cl)Cl. The predicted molar refractivity (Wildman–Crippen MR) is 79.9 cm³/mol. The highest BCUT2D eigenvalue weighted by Crippen LogP contribution is 2.27. The molecule has 0 spiro atoms. The fourth-order valence-electron chi connectivity index (χ4n) is 1.76. The zero-order valence-electron chi connectivity index (χ0n) is 10.6. The Bertz CT molecular complexity index is 155. The van der Waals surface area contributed by atoms with Crippen molar-refractivity contribution >= 4 is 39.2 Å². The van der Waals surface area contributed by atoms with Crippen LogP contribution < -0.4 is 0 Å². The number of unbranched alkanes of at least 4 members (excludes halogenated alkanes) is 6. The quantitative estimate of drug-likeness (QED) is 0.248. The summed E-state index contributed by atoms with van der Waals surface area (Å²) < 4.78 is 0. The van der Waals surface area contributed by atoms with Gasteiger partial charge in [0.1, 0.15) is 0 Å². The summed E-state index contributed by atoms with van der Waals surface area (Å²) in [6.45, 7) is 4.58. The monoisotopic (exact) mass is 302 g/mol. The van der Waals surface area contributed by atoms with Crippen LogP contribution in [0.15, 0.2) is 0 Å². The number of rotatable bonds is 10. The molecule has 0 bridgehead atoms. The Morgan fingerprint density at radius 1 is 0.750 bits per heavy atom. The van der Waals surface area contributed by atoms with E-state index in [1.165, 1.54) is 44.9 Å². The van der Waals surface area contributed by atoms with Crippen LogP contribution in [-0.2, 0) is 0 Å². The minimum atomic E-state index is -2.33. The second kappa shape index (κ2) is 10.1. The van der Waals surface area contributed by atoms with Crippen molar-refractivity contribution in [1.29, 1.82) is 0 Å². The molecule has 0 aliphatic carbocycles. The highest BCUT2D eigenvalue weighted by molar-refractivity contribution is 7.64. The molecule has 0 amide bonds. The molecule has 0 aliphatic heterocycles. The van der Waals surface area contributed by atoms with Crippen LogP contribution in [0, 0.1) is 5.92 Å². The summed E-state index contributed by atoms with van der Waals surface area (Å²) >= 11 is 17.4. The van der Waals surface area contributed by atoms with E-state index in [9.17, 15) is 0 Å². The summed E-state index contributed by atoms with van der Waals surface area (Å²) in [5.74, 6) is 0.856. The molecule has 0 rings (SSSR count). The molecule has 0 atom stereocenters. The molecule has 0 saturated carbocycles. The van der Waals surface area contributed by atoms with Gasteiger partial charge in [-0.3, -0.25) is 0 Å². The van der Waals surface area contributed by atoms with Crippen molar-refractivity contribution in [2.75, 3.05) is 0 Å². The first-order valence-corrected chi connectivity index (χ1v) is 11.7. The van der Waals surface area contributed by atoms with Gasteiger partial charge in [0, 0.05) is 0 Å². The third kappa shape index (κ3) is 15.1. The van der Waals surface area contributed by atoms with E-state index in [1.807, 2.05) is 0 Å². The van der Waals surface area contributed by atoms with Gasteiger partial charge >= 0.3 is 6.00 Å². The van der Waals surface area contributed by atoms with E-state index < -0.39 is 6.00 Å². The van der Waals surface area contributed by atoms with Gasteiger partial charge in [-0.25, -0.2) is 0 Å². The first-order valence-electron chi connectivity index (χ1n) is 6.48. The highest BCUT2D eigenvalue weighted by Gasteiger charge is 2.23. The van der Waals surface area contributed by atoms with E-state index >= 15 is 0 Å². The first kappa shape index (κ1) is 17.1. The van der Waals surface area contributed by atoms with Gasteiger partial charge in [0.2, 0.25) is 0 Å². The third-order valence-corrected chi connectivity index (χ3v) is 5.36. The van der Waals surface area contributed by atoms with E-state index in [-0.39, 0.29) is 0 Å². The van der Waals surface area contributed by atoms with Crippen molar-refractivity contribution < 1.29 is 0 Å². The Hall–Kier alpha value is 1.09. The Morgan fingerprint density at radius 2 is 1.19 bits per heavy atom. The van der Waals surface area contributed by atoms with Gasteiger partial charge in [-0.15, -0.1) is 33.2 Å². The van der Waals surface area contributed by atoms with Crippen molar-refractivity contribution in [1.82, 2.24) is 0 Å². The normalized spacial score (nSPS) is 12.4. The first-order chi connectivity index (χ1) is 7.42.